The summed E-state index contributed by atoms with van der Waals surface area (Å²) in [5.74, 6) is 0.950. The number of rotatable bonds is 7. The first kappa shape index (κ1) is 22.6. The van der Waals surface area contributed by atoms with Crippen LogP contribution < -0.4 is 14.8 Å². The molecule has 1 aromatic heterocycles. The van der Waals surface area contributed by atoms with E-state index in [1.165, 1.54) is 6.07 Å². The third-order valence-corrected chi connectivity index (χ3v) is 5.45. The zero-order valence-corrected chi connectivity index (χ0v) is 18.7. The topological polar surface area (TPSA) is 97.1 Å². The van der Waals surface area contributed by atoms with Crippen molar-refractivity contribution >= 4 is 11.8 Å². The lowest BCUT2D eigenvalue weighted by atomic mass is 10.0. The largest absolute Gasteiger partial charge is 0.497 e. The van der Waals surface area contributed by atoms with Crippen molar-refractivity contribution in [3.8, 4) is 22.8 Å². The molecule has 0 spiro atoms. The molecule has 0 aliphatic carbocycles. The first-order valence-electron chi connectivity index (χ1n) is 10.3. The molecule has 2 amide bonds. The number of piperazine rings is 1. The lowest BCUT2D eigenvalue weighted by molar-refractivity contribution is -0.135. The third-order valence-electron chi connectivity index (χ3n) is 5.45. The van der Waals surface area contributed by atoms with Gasteiger partial charge in [0.05, 0.1) is 19.8 Å². The molecule has 0 saturated carbocycles. The van der Waals surface area contributed by atoms with Gasteiger partial charge in [0.2, 0.25) is 5.91 Å². The van der Waals surface area contributed by atoms with Crippen LogP contribution in [0.2, 0.25) is 0 Å². The van der Waals surface area contributed by atoms with E-state index in [9.17, 15) is 9.59 Å². The monoisotopic (exact) mass is 430 g/mol. The van der Waals surface area contributed by atoms with E-state index in [0.717, 1.165) is 13.1 Å². The number of nitrogens with zero attached hydrogens (tertiary/aromatic N) is 3. The van der Waals surface area contributed by atoms with Crippen LogP contribution in [0.5, 0.6) is 11.5 Å². The van der Waals surface area contributed by atoms with E-state index in [0.29, 0.717) is 35.9 Å². The lowest BCUT2D eigenvalue weighted by Gasteiger charge is -2.35. The van der Waals surface area contributed by atoms with Crippen LogP contribution in [0.25, 0.3) is 11.3 Å². The Morgan fingerprint density at radius 1 is 1.10 bits per heavy atom. The Hall–Kier alpha value is -3.07. The highest BCUT2D eigenvalue weighted by molar-refractivity contribution is 5.97. The summed E-state index contributed by atoms with van der Waals surface area (Å²) in [7, 11) is 5.14. The van der Waals surface area contributed by atoms with Gasteiger partial charge in [0.1, 0.15) is 17.5 Å². The first-order chi connectivity index (χ1) is 14.8. The summed E-state index contributed by atoms with van der Waals surface area (Å²) >= 11 is 0. The van der Waals surface area contributed by atoms with Crippen LogP contribution in [0.3, 0.4) is 0 Å². The van der Waals surface area contributed by atoms with Gasteiger partial charge in [0, 0.05) is 32.2 Å². The van der Waals surface area contributed by atoms with Crippen LogP contribution in [0.1, 0.15) is 24.3 Å². The van der Waals surface area contributed by atoms with Crippen LogP contribution in [0.4, 0.5) is 0 Å². The van der Waals surface area contributed by atoms with E-state index < -0.39 is 11.9 Å². The molecule has 1 atom stereocenters. The molecule has 1 N–H and O–H groups in total. The van der Waals surface area contributed by atoms with Crippen molar-refractivity contribution in [3.63, 3.8) is 0 Å². The van der Waals surface area contributed by atoms with E-state index in [1.807, 2.05) is 20.9 Å². The Morgan fingerprint density at radius 3 is 2.42 bits per heavy atom. The van der Waals surface area contributed by atoms with Crippen molar-refractivity contribution in [2.45, 2.75) is 19.9 Å². The molecule has 1 aliphatic rings. The number of carbonyl (C=O) groups is 2. The van der Waals surface area contributed by atoms with Gasteiger partial charge in [-0.1, -0.05) is 19.0 Å². The van der Waals surface area contributed by atoms with Crippen molar-refractivity contribution in [2.24, 2.45) is 5.92 Å². The van der Waals surface area contributed by atoms with Gasteiger partial charge in [0.25, 0.3) is 5.91 Å². The van der Waals surface area contributed by atoms with E-state index in [4.69, 9.17) is 14.0 Å². The second-order valence-corrected chi connectivity index (χ2v) is 7.97. The van der Waals surface area contributed by atoms with Crippen molar-refractivity contribution in [1.82, 2.24) is 20.3 Å². The minimum Gasteiger partial charge on any atom is -0.497 e. The predicted octanol–water partition coefficient (Wildman–Crippen LogP) is 1.89. The van der Waals surface area contributed by atoms with Crippen molar-refractivity contribution in [3.05, 3.63) is 30.0 Å². The van der Waals surface area contributed by atoms with E-state index >= 15 is 0 Å². The number of hydrogen-bond donors (Lipinski definition) is 1. The minimum atomic E-state index is -0.637. The maximum absolute atomic E-state index is 13.0. The average molecular weight is 431 g/mol. The van der Waals surface area contributed by atoms with Crippen LogP contribution in [-0.2, 0) is 4.79 Å². The highest BCUT2D eigenvalue weighted by Crippen LogP contribution is 2.33. The maximum atomic E-state index is 13.0. The lowest BCUT2D eigenvalue weighted by Crippen LogP contribution is -2.55. The summed E-state index contributed by atoms with van der Waals surface area (Å²) in [5, 5.41) is 6.74. The molecule has 2 aromatic rings. The smallest absolute Gasteiger partial charge is 0.274 e. The second-order valence-electron chi connectivity index (χ2n) is 7.97. The summed E-state index contributed by atoms with van der Waals surface area (Å²) in [5.41, 5.74) is 0.707. The second kappa shape index (κ2) is 9.82. The van der Waals surface area contributed by atoms with Crippen LogP contribution in [-0.4, -0.2) is 80.3 Å². The third kappa shape index (κ3) is 5.16. The molecule has 1 saturated heterocycles. The van der Waals surface area contributed by atoms with Crippen LogP contribution >= 0.6 is 0 Å². The number of aromatic nitrogens is 1. The molecule has 3 rings (SSSR count). The number of hydrogen-bond acceptors (Lipinski definition) is 7. The molecule has 1 fully saturated rings. The van der Waals surface area contributed by atoms with Gasteiger partial charge in [0.15, 0.2) is 11.5 Å². The molecule has 0 radical (unpaired) electrons. The van der Waals surface area contributed by atoms with Crippen molar-refractivity contribution in [2.75, 3.05) is 47.4 Å². The number of ether oxygens (including phenoxy) is 2. The number of likely N-dealkylation sites (N-methyl/N-ethyl adjacent to an activating group) is 1. The van der Waals surface area contributed by atoms with Gasteiger partial charge in [-0.25, -0.2) is 0 Å². The number of carbonyl (C=O) groups excluding carboxylic acids is 2. The van der Waals surface area contributed by atoms with Crippen LogP contribution in [0, 0.1) is 5.92 Å². The number of amides is 2. The molecule has 9 nitrogen and oxygen atoms in total. The van der Waals surface area contributed by atoms with Gasteiger partial charge in [-0.2, -0.15) is 0 Å². The van der Waals surface area contributed by atoms with E-state index in [1.54, 1.807) is 37.3 Å². The Balaban J connectivity index is 1.76. The molecule has 0 unspecified atom stereocenters. The summed E-state index contributed by atoms with van der Waals surface area (Å²) in [6.07, 6.45) is 0. The summed E-state index contributed by atoms with van der Waals surface area (Å²) in [6, 6.07) is 6.16. The summed E-state index contributed by atoms with van der Waals surface area (Å²) < 4.78 is 16.0. The fourth-order valence-electron chi connectivity index (χ4n) is 3.47. The summed E-state index contributed by atoms with van der Waals surface area (Å²) in [6.45, 7) is 6.76. The van der Waals surface area contributed by atoms with Gasteiger partial charge in [-0.15, -0.1) is 0 Å². The van der Waals surface area contributed by atoms with Gasteiger partial charge in [-0.05, 0) is 31.2 Å². The van der Waals surface area contributed by atoms with Crippen molar-refractivity contribution < 1.29 is 23.6 Å². The standard InChI is InChI=1S/C22H30N4O5/c1-14(2)20(22(28)26-10-8-25(3)9-11-26)23-21(27)17-13-19(31-24-17)16-12-15(29-4)6-7-18(16)30-5/h6-7,12-14,20H,8-11H2,1-5H3,(H,23,27)/t20-/m1/s1. The fourth-order valence-corrected chi connectivity index (χ4v) is 3.47. The van der Waals surface area contributed by atoms with Gasteiger partial charge >= 0.3 is 0 Å². The molecule has 2 heterocycles. The number of benzene rings is 1. The SMILES string of the molecule is COc1ccc(OC)c(-c2cc(C(=O)N[C@@H](C(=O)N3CCN(C)CC3)C(C)C)no2)c1. The molecular formula is C22H30N4O5. The number of nitrogens with one attached hydrogen (secondary N) is 1. The van der Waals surface area contributed by atoms with E-state index in [2.05, 4.69) is 15.4 Å². The molecule has 1 aliphatic heterocycles. The van der Waals surface area contributed by atoms with Gasteiger partial charge in [-0.3, -0.25) is 9.59 Å². The highest BCUT2D eigenvalue weighted by atomic mass is 16.5. The van der Waals surface area contributed by atoms with Crippen molar-refractivity contribution in [1.29, 1.82) is 0 Å². The van der Waals surface area contributed by atoms with Gasteiger partial charge < -0.3 is 29.1 Å². The molecular weight excluding hydrogens is 400 g/mol. The zero-order valence-electron chi connectivity index (χ0n) is 18.7. The summed E-state index contributed by atoms with van der Waals surface area (Å²) in [4.78, 5) is 29.8. The quantitative estimate of drug-likeness (QED) is 0.716. The Kier molecular flexibility index (Phi) is 7.17. The molecule has 9 heteroatoms. The maximum Gasteiger partial charge on any atom is 0.274 e. The highest BCUT2D eigenvalue weighted by Gasteiger charge is 2.31. The first-order valence-corrected chi connectivity index (χ1v) is 10.3. The molecule has 168 valence electrons. The Bertz CT molecular complexity index is 918. The Labute approximate surface area is 182 Å². The normalized spacial score (nSPS) is 15.6. The molecule has 0 bridgehead atoms. The van der Waals surface area contributed by atoms with E-state index in [-0.39, 0.29) is 17.5 Å². The number of methoxy groups -OCH3 is 2. The molecule has 1 aromatic carbocycles. The predicted molar refractivity (Wildman–Crippen MR) is 115 cm³/mol. The molecule has 31 heavy (non-hydrogen) atoms. The van der Waals surface area contributed by atoms with Crippen LogP contribution in [0.15, 0.2) is 28.8 Å². The minimum absolute atomic E-state index is 0.0686. The average Bonchev–Trinajstić information content (AvgIpc) is 3.27. The Morgan fingerprint density at radius 2 is 1.81 bits per heavy atom. The fraction of sp³-hybridized carbons (Fsp3) is 0.500. The zero-order chi connectivity index (χ0) is 22.5.